The number of amides is 2. The van der Waals surface area contributed by atoms with Crippen LogP contribution in [-0.4, -0.2) is 46.8 Å². The van der Waals surface area contributed by atoms with Crippen molar-refractivity contribution in [1.29, 1.82) is 0 Å². The average molecular weight is 244 g/mol. The van der Waals surface area contributed by atoms with Crippen LogP contribution in [0.4, 0.5) is 0 Å². The van der Waals surface area contributed by atoms with Crippen LogP contribution in [0.2, 0.25) is 0 Å². The van der Waals surface area contributed by atoms with E-state index in [1.54, 1.807) is 0 Å². The minimum atomic E-state index is -0.987. The molecule has 8 N–H and O–H groups in total. The van der Waals surface area contributed by atoms with E-state index in [0.29, 0.717) is 5.57 Å². The highest BCUT2D eigenvalue weighted by molar-refractivity contribution is 5.94. The van der Waals surface area contributed by atoms with Crippen molar-refractivity contribution in [1.82, 2.24) is 5.32 Å². The molecule has 0 radical (unpaired) electrons. The maximum Gasteiger partial charge on any atom is 0.247 e. The number of carbonyl (C=O) groups is 2. The third-order valence-corrected chi connectivity index (χ3v) is 2.63. The lowest BCUT2D eigenvalue weighted by atomic mass is 9.90. The summed E-state index contributed by atoms with van der Waals surface area (Å²) in [4.78, 5) is 22.1. The van der Waals surface area contributed by atoms with Gasteiger partial charge in [0, 0.05) is 25.0 Å². The van der Waals surface area contributed by atoms with Crippen LogP contribution in [0.5, 0.6) is 0 Å². The molecule has 0 aromatic carbocycles. The molecule has 0 bridgehead atoms. The monoisotopic (exact) mass is 244 g/mol. The number of nitrogens with one attached hydrogen (secondary N) is 1. The highest BCUT2D eigenvalue weighted by Gasteiger charge is 2.32. The van der Waals surface area contributed by atoms with Gasteiger partial charge < -0.3 is 27.0 Å². The predicted molar refractivity (Wildman–Crippen MR) is 58.2 cm³/mol. The lowest BCUT2D eigenvalue weighted by Gasteiger charge is -2.25. The number of carbonyl (C=O) groups excluding carboxylic acids is 2. The zero-order valence-electron chi connectivity index (χ0n) is 9.43. The lowest BCUT2D eigenvalue weighted by Crippen LogP contribution is -2.69. The van der Waals surface area contributed by atoms with Crippen molar-refractivity contribution in [2.24, 2.45) is 5.73 Å². The molecule has 7 nitrogen and oxygen atoms in total. The van der Waals surface area contributed by atoms with E-state index in [0.717, 1.165) is 0 Å². The van der Waals surface area contributed by atoms with Crippen LogP contribution in [0, 0.1) is 0 Å². The van der Waals surface area contributed by atoms with Crippen molar-refractivity contribution in [3.05, 3.63) is 11.6 Å². The molecule has 3 atom stereocenters. The normalized spacial score (nSPS) is 28.4. The predicted octanol–water partition coefficient (Wildman–Crippen LogP) is -3.36. The van der Waals surface area contributed by atoms with E-state index in [1.807, 2.05) is 0 Å². The van der Waals surface area contributed by atoms with Gasteiger partial charge in [-0.15, -0.1) is 0 Å². The number of hydrogen-bond acceptors (Lipinski definition) is 4. The van der Waals surface area contributed by atoms with E-state index >= 15 is 0 Å². The van der Waals surface area contributed by atoms with Gasteiger partial charge in [0.15, 0.2) is 0 Å². The van der Waals surface area contributed by atoms with Crippen LogP contribution in [0.25, 0.3) is 0 Å². The van der Waals surface area contributed by atoms with Gasteiger partial charge in [0.05, 0.1) is 6.10 Å². The highest BCUT2D eigenvalue weighted by atomic mass is 16.3. The maximum atomic E-state index is 11.6. The fourth-order valence-electron chi connectivity index (χ4n) is 1.64. The maximum absolute atomic E-state index is 11.6. The number of aliphatic hydroxyl groups is 2. The molecule has 0 saturated heterocycles. The summed E-state index contributed by atoms with van der Waals surface area (Å²) in [5.41, 5.74) is 8.93. The summed E-state index contributed by atoms with van der Waals surface area (Å²) >= 11 is 0. The molecule has 96 valence electrons. The summed E-state index contributed by atoms with van der Waals surface area (Å²) in [5, 5.41) is 21.5. The zero-order valence-corrected chi connectivity index (χ0v) is 9.43. The van der Waals surface area contributed by atoms with Crippen molar-refractivity contribution in [3.8, 4) is 0 Å². The Hall–Kier alpha value is -1.44. The number of primary amides is 1. The Morgan fingerprint density at radius 3 is 2.71 bits per heavy atom. The minimum Gasteiger partial charge on any atom is -0.390 e. The summed E-state index contributed by atoms with van der Waals surface area (Å²) in [7, 11) is 0. The van der Waals surface area contributed by atoms with Gasteiger partial charge in [-0.1, -0.05) is 0 Å². The van der Waals surface area contributed by atoms with Gasteiger partial charge in [0.25, 0.3) is 0 Å². The van der Waals surface area contributed by atoms with Crippen molar-refractivity contribution in [2.75, 3.05) is 6.54 Å². The molecule has 0 aromatic rings. The molecule has 1 aliphatic rings. The Labute approximate surface area is 98.5 Å². The van der Waals surface area contributed by atoms with Crippen molar-refractivity contribution < 1.29 is 25.5 Å². The molecular formula is C10H18N3O4+. The molecular weight excluding hydrogens is 226 g/mol. The van der Waals surface area contributed by atoms with E-state index in [1.165, 1.54) is 6.08 Å². The molecule has 1 aliphatic carbocycles. The quantitative estimate of drug-likeness (QED) is 0.352. The third kappa shape index (κ3) is 3.81. The van der Waals surface area contributed by atoms with Crippen molar-refractivity contribution >= 4 is 11.8 Å². The van der Waals surface area contributed by atoms with E-state index in [4.69, 9.17) is 5.73 Å². The number of aliphatic hydroxyl groups excluding tert-OH is 2. The van der Waals surface area contributed by atoms with Crippen LogP contribution < -0.4 is 16.8 Å². The smallest absolute Gasteiger partial charge is 0.247 e. The molecule has 0 aliphatic heterocycles. The molecule has 0 heterocycles. The second-order valence-corrected chi connectivity index (χ2v) is 4.09. The van der Waals surface area contributed by atoms with Gasteiger partial charge in [0.2, 0.25) is 11.8 Å². The largest absolute Gasteiger partial charge is 0.390 e. The van der Waals surface area contributed by atoms with Gasteiger partial charge in [-0.2, -0.15) is 0 Å². The molecule has 0 spiro atoms. The number of rotatable bonds is 4. The standard InChI is InChI=1S/C10H17N3O4/c11-6-3-5(4-7(14)9(6)16)10(17)13-2-1-8(12)15/h3,6-7,9,14,16H,1-2,4,11H2,(H2,12,15)(H,13,17)/p+1. The van der Waals surface area contributed by atoms with Gasteiger partial charge >= 0.3 is 0 Å². The average Bonchev–Trinajstić information content (AvgIpc) is 2.24. The zero-order chi connectivity index (χ0) is 13.0. The van der Waals surface area contributed by atoms with Crippen molar-refractivity contribution in [3.63, 3.8) is 0 Å². The Bertz CT molecular complexity index is 342. The topological polar surface area (TPSA) is 140 Å². The van der Waals surface area contributed by atoms with Gasteiger partial charge in [-0.05, 0) is 6.08 Å². The van der Waals surface area contributed by atoms with E-state index in [-0.39, 0.29) is 25.3 Å². The Balaban J connectivity index is 2.52. The molecule has 2 amide bonds. The number of quaternary nitrogens is 1. The fourth-order valence-corrected chi connectivity index (χ4v) is 1.64. The lowest BCUT2D eigenvalue weighted by molar-refractivity contribution is -0.426. The molecule has 0 saturated carbocycles. The van der Waals surface area contributed by atoms with E-state index < -0.39 is 24.2 Å². The molecule has 17 heavy (non-hydrogen) atoms. The van der Waals surface area contributed by atoms with Gasteiger partial charge in [0.1, 0.15) is 12.1 Å². The molecule has 7 heteroatoms. The van der Waals surface area contributed by atoms with Crippen LogP contribution in [0.1, 0.15) is 12.8 Å². The second-order valence-electron chi connectivity index (χ2n) is 4.09. The number of nitrogens with two attached hydrogens (primary N) is 1. The molecule has 3 unspecified atom stereocenters. The van der Waals surface area contributed by atoms with Gasteiger partial charge in [-0.3, -0.25) is 9.59 Å². The summed E-state index contributed by atoms with van der Waals surface area (Å²) in [6.45, 7) is 0.159. The third-order valence-electron chi connectivity index (χ3n) is 2.63. The summed E-state index contributed by atoms with van der Waals surface area (Å²) < 4.78 is 0. The molecule has 1 rings (SSSR count). The number of hydrogen-bond donors (Lipinski definition) is 5. The highest BCUT2D eigenvalue weighted by Crippen LogP contribution is 2.17. The first-order chi connectivity index (χ1) is 7.91. The van der Waals surface area contributed by atoms with Crippen LogP contribution in [-0.2, 0) is 9.59 Å². The first-order valence-electron chi connectivity index (χ1n) is 5.38. The summed E-state index contributed by atoms with van der Waals surface area (Å²) in [5.74, 6) is -0.862. The van der Waals surface area contributed by atoms with Crippen molar-refractivity contribution in [2.45, 2.75) is 31.1 Å². The molecule has 0 fully saturated rings. The van der Waals surface area contributed by atoms with Crippen LogP contribution in [0.15, 0.2) is 11.6 Å². The Morgan fingerprint density at radius 2 is 2.18 bits per heavy atom. The van der Waals surface area contributed by atoms with E-state index in [2.05, 4.69) is 11.1 Å². The molecule has 0 aromatic heterocycles. The summed E-state index contributed by atoms with van der Waals surface area (Å²) in [6, 6.07) is -0.518. The minimum absolute atomic E-state index is 0.0675. The van der Waals surface area contributed by atoms with E-state index in [9.17, 15) is 19.8 Å². The fraction of sp³-hybridized carbons (Fsp3) is 0.600. The SMILES string of the molecule is NC(=O)CCNC(=O)C1=CC([NH3+])C(O)C(O)C1. The second kappa shape index (κ2) is 5.76. The summed E-state index contributed by atoms with van der Waals surface area (Å²) in [6.07, 6.45) is -0.263. The first-order valence-corrected chi connectivity index (χ1v) is 5.38. The van der Waals surface area contributed by atoms with Gasteiger partial charge in [-0.25, -0.2) is 0 Å². The first kappa shape index (κ1) is 13.6. The Morgan fingerprint density at radius 1 is 1.53 bits per heavy atom. The van der Waals surface area contributed by atoms with Crippen LogP contribution in [0.3, 0.4) is 0 Å². The van der Waals surface area contributed by atoms with Crippen LogP contribution >= 0.6 is 0 Å². The Kier molecular flexibility index (Phi) is 4.62.